The molecule has 0 aliphatic carbocycles. The van der Waals surface area contributed by atoms with Crippen molar-refractivity contribution in [1.82, 2.24) is 10.2 Å². The molecule has 16 heavy (non-hydrogen) atoms. The van der Waals surface area contributed by atoms with Crippen molar-refractivity contribution in [3.8, 4) is 11.5 Å². The summed E-state index contributed by atoms with van der Waals surface area (Å²) in [5.74, 6) is 1.46. The highest BCUT2D eigenvalue weighted by Gasteiger charge is 2.03. The molecule has 2 aromatic rings. The molecule has 6 heteroatoms. The van der Waals surface area contributed by atoms with Crippen molar-refractivity contribution < 1.29 is 9.47 Å². The van der Waals surface area contributed by atoms with Gasteiger partial charge < -0.3 is 14.8 Å². The van der Waals surface area contributed by atoms with E-state index in [-0.39, 0.29) is 0 Å². The highest BCUT2D eigenvalue weighted by molar-refractivity contribution is 7.13. The summed E-state index contributed by atoms with van der Waals surface area (Å²) in [7, 11) is 3.23. The van der Waals surface area contributed by atoms with Crippen molar-refractivity contribution >= 4 is 22.2 Å². The summed E-state index contributed by atoms with van der Waals surface area (Å²) >= 11 is 1.43. The van der Waals surface area contributed by atoms with Crippen LogP contribution >= 0.6 is 11.3 Å². The van der Waals surface area contributed by atoms with Gasteiger partial charge in [-0.2, -0.15) is 0 Å². The summed E-state index contributed by atoms with van der Waals surface area (Å²) in [4.78, 5) is 0. The van der Waals surface area contributed by atoms with Crippen LogP contribution in [0.5, 0.6) is 11.5 Å². The van der Waals surface area contributed by atoms with Gasteiger partial charge >= 0.3 is 0 Å². The number of benzene rings is 1. The molecule has 0 atom stereocenters. The lowest BCUT2D eigenvalue weighted by Crippen LogP contribution is -1.93. The fraction of sp³-hybridized carbons (Fsp3) is 0.200. The molecule has 0 unspecified atom stereocenters. The second-order valence-corrected chi connectivity index (χ2v) is 3.80. The molecule has 1 aromatic carbocycles. The van der Waals surface area contributed by atoms with Crippen LogP contribution < -0.4 is 14.8 Å². The van der Waals surface area contributed by atoms with Crippen LogP contribution in [-0.2, 0) is 0 Å². The number of nitrogens with one attached hydrogen (secondary N) is 1. The molecule has 0 amide bonds. The maximum Gasteiger partial charge on any atom is 0.209 e. The quantitative estimate of drug-likeness (QED) is 0.884. The zero-order valence-electron chi connectivity index (χ0n) is 8.93. The van der Waals surface area contributed by atoms with Gasteiger partial charge in [-0.05, 0) is 0 Å². The van der Waals surface area contributed by atoms with E-state index in [1.807, 2.05) is 18.2 Å². The van der Waals surface area contributed by atoms with Gasteiger partial charge in [-0.3, -0.25) is 0 Å². The van der Waals surface area contributed by atoms with E-state index in [4.69, 9.17) is 9.47 Å². The van der Waals surface area contributed by atoms with Crippen molar-refractivity contribution in [3.05, 3.63) is 23.7 Å². The monoisotopic (exact) mass is 237 g/mol. The van der Waals surface area contributed by atoms with Crippen LogP contribution in [0.2, 0.25) is 0 Å². The van der Waals surface area contributed by atoms with Crippen LogP contribution in [0.15, 0.2) is 23.7 Å². The summed E-state index contributed by atoms with van der Waals surface area (Å²) in [6.45, 7) is 0. The van der Waals surface area contributed by atoms with Crippen molar-refractivity contribution in [2.75, 3.05) is 19.5 Å². The SMILES string of the molecule is COc1cc(Nc2nncs2)cc(OC)c1. The van der Waals surface area contributed by atoms with Gasteiger partial charge in [0.1, 0.15) is 17.0 Å². The standard InChI is InChI=1S/C10H11N3O2S/c1-14-8-3-7(4-9(5-8)15-2)12-10-13-11-6-16-10/h3-6H,1-2H3,(H,12,13). The van der Waals surface area contributed by atoms with Crippen molar-refractivity contribution in [3.63, 3.8) is 0 Å². The lowest BCUT2D eigenvalue weighted by molar-refractivity contribution is 0.395. The molecule has 84 valence electrons. The minimum Gasteiger partial charge on any atom is -0.497 e. The highest BCUT2D eigenvalue weighted by Crippen LogP contribution is 2.28. The normalized spacial score (nSPS) is 9.88. The Morgan fingerprint density at radius 3 is 2.31 bits per heavy atom. The number of hydrogen-bond acceptors (Lipinski definition) is 6. The Morgan fingerprint density at radius 2 is 1.81 bits per heavy atom. The summed E-state index contributed by atoms with van der Waals surface area (Å²) in [6, 6.07) is 5.54. The van der Waals surface area contributed by atoms with Crippen LogP contribution in [0.4, 0.5) is 10.8 Å². The van der Waals surface area contributed by atoms with E-state index in [1.165, 1.54) is 11.3 Å². The van der Waals surface area contributed by atoms with E-state index in [9.17, 15) is 0 Å². The average Bonchev–Trinajstić information content (AvgIpc) is 2.81. The van der Waals surface area contributed by atoms with Crippen molar-refractivity contribution in [1.29, 1.82) is 0 Å². The van der Waals surface area contributed by atoms with E-state index in [0.717, 1.165) is 22.3 Å². The van der Waals surface area contributed by atoms with Crippen LogP contribution in [0.1, 0.15) is 0 Å². The van der Waals surface area contributed by atoms with Crippen LogP contribution in [0.25, 0.3) is 0 Å². The van der Waals surface area contributed by atoms with Crippen LogP contribution in [-0.4, -0.2) is 24.4 Å². The fourth-order valence-electron chi connectivity index (χ4n) is 1.23. The Labute approximate surface area is 97.0 Å². The molecule has 1 N–H and O–H groups in total. The van der Waals surface area contributed by atoms with Gasteiger partial charge in [-0.25, -0.2) is 0 Å². The third-order valence-electron chi connectivity index (χ3n) is 1.96. The molecule has 0 radical (unpaired) electrons. The molecule has 0 fully saturated rings. The second-order valence-electron chi connectivity index (χ2n) is 2.97. The number of ether oxygens (including phenoxy) is 2. The lowest BCUT2D eigenvalue weighted by atomic mass is 10.3. The average molecular weight is 237 g/mol. The van der Waals surface area contributed by atoms with E-state index in [1.54, 1.807) is 19.7 Å². The van der Waals surface area contributed by atoms with Gasteiger partial charge in [0.15, 0.2) is 0 Å². The lowest BCUT2D eigenvalue weighted by Gasteiger charge is -2.08. The smallest absolute Gasteiger partial charge is 0.209 e. The third-order valence-corrected chi connectivity index (χ3v) is 2.57. The van der Waals surface area contributed by atoms with Gasteiger partial charge in [0.2, 0.25) is 5.13 Å². The van der Waals surface area contributed by atoms with Crippen LogP contribution in [0, 0.1) is 0 Å². The first-order valence-electron chi connectivity index (χ1n) is 4.58. The molecule has 2 rings (SSSR count). The summed E-state index contributed by atoms with van der Waals surface area (Å²) in [5.41, 5.74) is 2.52. The first kappa shape index (κ1) is 10.7. The molecule has 0 aliphatic heterocycles. The summed E-state index contributed by atoms with van der Waals surface area (Å²) in [5, 5.41) is 11.5. The molecule has 0 bridgehead atoms. The maximum atomic E-state index is 5.16. The Balaban J connectivity index is 2.26. The molecule has 0 saturated carbocycles. The fourth-order valence-corrected chi connectivity index (χ4v) is 1.70. The zero-order chi connectivity index (χ0) is 11.4. The van der Waals surface area contributed by atoms with Crippen molar-refractivity contribution in [2.24, 2.45) is 0 Å². The van der Waals surface area contributed by atoms with Gasteiger partial charge in [0.05, 0.1) is 14.2 Å². The number of anilines is 2. The second kappa shape index (κ2) is 4.80. The minimum atomic E-state index is 0.728. The molecule has 5 nitrogen and oxygen atoms in total. The van der Waals surface area contributed by atoms with Gasteiger partial charge in [0, 0.05) is 23.9 Å². The van der Waals surface area contributed by atoms with Gasteiger partial charge in [-0.15, -0.1) is 10.2 Å². The van der Waals surface area contributed by atoms with Crippen LogP contribution in [0.3, 0.4) is 0 Å². The van der Waals surface area contributed by atoms with Crippen molar-refractivity contribution in [2.45, 2.75) is 0 Å². The number of aromatic nitrogens is 2. The molecule has 1 heterocycles. The predicted octanol–water partition coefficient (Wildman–Crippen LogP) is 2.30. The number of methoxy groups -OCH3 is 2. The number of nitrogens with zero attached hydrogens (tertiary/aromatic N) is 2. The predicted molar refractivity (Wildman–Crippen MR) is 62.7 cm³/mol. The first-order chi connectivity index (χ1) is 7.81. The van der Waals surface area contributed by atoms with E-state index in [0.29, 0.717) is 0 Å². The molecule has 0 saturated heterocycles. The van der Waals surface area contributed by atoms with Gasteiger partial charge in [-0.1, -0.05) is 11.3 Å². The first-order valence-corrected chi connectivity index (χ1v) is 5.46. The minimum absolute atomic E-state index is 0.728. The summed E-state index contributed by atoms with van der Waals surface area (Å²) in [6.07, 6.45) is 0. The molecule has 0 spiro atoms. The Hall–Kier alpha value is -1.82. The Bertz CT molecular complexity index is 437. The third kappa shape index (κ3) is 2.40. The van der Waals surface area contributed by atoms with E-state index < -0.39 is 0 Å². The topological polar surface area (TPSA) is 56.3 Å². The number of rotatable bonds is 4. The molecular formula is C10H11N3O2S. The molecular weight excluding hydrogens is 226 g/mol. The molecule has 0 aliphatic rings. The number of hydrogen-bond donors (Lipinski definition) is 1. The molecule has 1 aromatic heterocycles. The largest absolute Gasteiger partial charge is 0.497 e. The van der Waals surface area contributed by atoms with E-state index >= 15 is 0 Å². The van der Waals surface area contributed by atoms with Gasteiger partial charge in [0.25, 0.3) is 0 Å². The highest BCUT2D eigenvalue weighted by atomic mass is 32.1. The maximum absolute atomic E-state index is 5.16. The summed E-state index contributed by atoms with van der Waals surface area (Å²) < 4.78 is 10.3. The Kier molecular flexibility index (Phi) is 3.21. The zero-order valence-corrected chi connectivity index (χ0v) is 9.75. The van der Waals surface area contributed by atoms with E-state index in [2.05, 4.69) is 15.5 Å². The Morgan fingerprint density at radius 1 is 1.12 bits per heavy atom.